The van der Waals surface area contributed by atoms with Gasteiger partial charge in [0.1, 0.15) is 16.7 Å². The van der Waals surface area contributed by atoms with E-state index in [-0.39, 0.29) is 24.6 Å². The lowest BCUT2D eigenvalue weighted by Crippen LogP contribution is -2.47. The molecule has 1 saturated heterocycles. The molecule has 3 aromatic rings. The highest BCUT2D eigenvalue weighted by Crippen LogP contribution is 2.41. The summed E-state index contributed by atoms with van der Waals surface area (Å²) in [6, 6.07) is 21.1. The second-order valence-corrected chi connectivity index (χ2v) is 12.9. The number of amidine groups is 1. The molecule has 0 aromatic heterocycles. The summed E-state index contributed by atoms with van der Waals surface area (Å²) in [5, 5.41) is 11.4. The number of anilines is 1. The van der Waals surface area contributed by atoms with Crippen LogP contribution in [0, 0.1) is 5.82 Å². The van der Waals surface area contributed by atoms with Crippen LogP contribution in [0.15, 0.2) is 77.2 Å². The Hall–Kier alpha value is -3.47. The number of ether oxygens (including phenoxy) is 1. The number of nitrogens with zero attached hydrogens (tertiary/aromatic N) is 3. The van der Waals surface area contributed by atoms with E-state index in [1.54, 1.807) is 44.2 Å². The number of likely N-dealkylation sites (N-methyl/N-ethyl adjacent to an activating group) is 1. The predicted octanol–water partition coefficient (Wildman–Crippen LogP) is 4.49. The molecular weight excluding hydrogens is 543 g/mol. The number of nitrogens with one attached hydrogen (secondary N) is 1. The average Bonchev–Trinajstić information content (AvgIpc) is 2.93. The second-order valence-electron chi connectivity index (χ2n) is 11.2. The zero-order valence-electron chi connectivity index (χ0n) is 23.6. The van der Waals surface area contributed by atoms with Gasteiger partial charge < -0.3 is 25.0 Å². The smallest absolute Gasteiger partial charge is 0.301 e. The van der Waals surface area contributed by atoms with E-state index >= 15 is 0 Å². The molecule has 218 valence electrons. The van der Waals surface area contributed by atoms with Crippen molar-refractivity contribution in [1.29, 1.82) is 0 Å². The molecule has 2 atom stereocenters. The lowest BCUT2D eigenvalue weighted by molar-refractivity contribution is 0.0759. The van der Waals surface area contributed by atoms with Crippen LogP contribution in [-0.4, -0.2) is 69.9 Å². The number of hydrogen-bond acceptors (Lipinski definition) is 7. The zero-order chi connectivity index (χ0) is 29.2. The molecule has 3 aromatic carbocycles. The first-order chi connectivity index (χ1) is 19.6. The monoisotopic (exact) mass is 580 g/mol. The maximum absolute atomic E-state index is 14.5. The summed E-state index contributed by atoms with van der Waals surface area (Å²) in [6.07, 6.45) is 0.144. The van der Waals surface area contributed by atoms with E-state index in [0.717, 1.165) is 37.3 Å². The van der Waals surface area contributed by atoms with Crippen LogP contribution in [0.5, 0.6) is 0 Å². The van der Waals surface area contributed by atoms with E-state index in [1.165, 1.54) is 11.8 Å². The van der Waals surface area contributed by atoms with Crippen molar-refractivity contribution in [1.82, 2.24) is 10.2 Å². The second kappa shape index (κ2) is 11.8. The van der Waals surface area contributed by atoms with E-state index < -0.39 is 32.7 Å². The van der Waals surface area contributed by atoms with E-state index in [1.807, 2.05) is 12.1 Å². The Balaban J connectivity index is 1.34. The Morgan fingerprint density at radius 2 is 1.61 bits per heavy atom. The minimum Gasteiger partial charge on any atom is -0.457 e. The first-order valence-corrected chi connectivity index (χ1v) is 15.4. The summed E-state index contributed by atoms with van der Waals surface area (Å²) in [5.41, 5.74) is 2.91. The van der Waals surface area contributed by atoms with Gasteiger partial charge in [0.15, 0.2) is 0 Å². The van der Waals surface area contributed by atoms with Crippen LogP contribution in [0.4, 0.5) is 10.1 Å². The van der Waals surface area contributed by atoms with Gasteiger partial charge in [-0.25, -0.2) is 12.8 Å². The fraction of sp³-hybridized carbons (Fsp3) is 0.387. The molecule has 0 bridgehead atoms. The summed E-state index contributed by atoms with van der Waals surface area (Å²) in [4.78, 5) is 4.71. The molecule has 0 radical (unpaired) electrons. The quantitative estimate of drug-likeness (QED) is 0.425. The molecule has 8 nitrogen and oxygen atoms in total. The molecule has 1 fully saturated rings. The molecular formula is C31H37FN4O4S. The Kier molecular flexibility index (Phi) is 8.35. The van der Waals surface area contributed by atoms with Crippen molar-refractivity contribution in [2.45, 2.75) is 37.2 Å². The third kappa shape index (κ3) is 6.39. The van der Waals surface area contributed by atoms with Crippen LogP contribution in [0.25, 0.3) is 11.1 Å². The van der Waals surface area contributed by atoms with Crippen LogP contribution in [-0.2, 0) is 14.8 Å². The summed E-state index contributed by atoms with van der Waals surface area (Å²) < 4.78 is 51.4. The largest absolute Gasteiger partial charge is 0.457 e. The molecule has 41 heavy (non-hydrogen) atoms. The van der Waals surface area contributed by atoms with E-state index in [4.69, 9.17) is 4.74 Å². The van der Waals surface area contributed by atoms with Crippen LogP contribution in [0.1, 0.15) is 42.7 Å². The molecule has 0 saturated carbocycles. The topological polar surface area (TPSA) is 94.5 Å². The van der Waals surface area contributed by atoms with Gasteiger partial charge in [0, 0.05) is 44.0 Å². The van der Waals surface area contributed by atoms with Crippen LogP contribution in [0.3, 0.4) is 0 Å². The zero-order valence-corrected chi connectivity index (χ0v) is 24.4. The molecule has 2 aliphatic heterocycles. The van der Waals surface area contributed by atoms with Crippen molar-refractivity contribution < 1.29 is 22.7 Å². The number of sulfonamides is 1. The van der Waals surface area contributed by atoms with Crippen molar-refractivity contribution in [3.63, 3.8) is 0 Å². The third-order valence-corrected chi connectivity index (χ3v) is 9.63. The van der Waals surface area contributed by atoms with Crippen molar-refractivity contribution in [2.75, 3.05) is 44.7 Å². The highest BCUT2D eigenvalue weighted by molar-refractivity contribution is 7.90. The van der Waals surface area contributed by atoms with Gasteiger partial charge in [-0.05, 0) is 62.2 Å². The number of aliphatic hydroxyl groups is 1. The molecule has 5 rings (SSSR count). The van der Waals surface area contributed by atoms with Crippen molar-refractivity contribution in [3.05, 3.63) is 89.7 Å². The maximum atomic E-state index is 14.5. The minimum absolute atomic E-state index is 0.144. The first-order valence-electron chi connectivity index (χ1n) is 13.9. The van der Waals surface area contributed by atoms with Gasteiger partial charge in [-0.1, -0.05) is 54.6 Å². The molecule has 2 heterocycles. The van der Waals surface area contributed by atoms with Gasteiger partial charge in [-0.3, -0.25) is 0 Å². The van der Waals surface area contributed by atoms with Crippen LogP contribution < -0.4 is 10.2 Å². The van der Waals surface area contributed by atoms with Gasteiger partial charge in [-0.2, -0.15) is 0 Å². The molecule has 1 unspecified atom stereocenters. The van der Waals surface area contributed by atoms with Gasteiger partial charge >= 0.3 is 6.02 Å². The number of rotatable bonds is 7. The Labute approximate surface area is 241 Å². The number of hydrogen-bond donors (Lipinski definition) is 2. The first kappa shape index (κ1) is 29.0. The highest BCUT2D eigenvalue weighted by atomic mass is 32.2. The third-order valence-electron chi connectivity index (χ3n) is 7.78. The van der Waals surface area contributed by atoms with Gasteiger partial charge in [0.25, 0.3) is 10.0 Å². The summed E-state index contributed by atoms with van der Waals surface area (Å²) >= 11 is 0. The van der Waals surface area contributed by atoms with Crippen LogP contribution >= 0.6 is 0 Å². The minimum atomic E-state index is -4.05. The molecule has 0 spiro atoms. The molecule has 0 amide bonds. The van der Waals surface area contributed by atoms with E-state index in [2.05, 4.69) is 50.8 Å². The summed E-state index contributed by atoms with van der Waals surface area (Å²) in [5.74, 6) is -0.469. The van der Waals surface area contributed by atoms with E-state index in [9.17, 15) is 17.9 Å². The molecule has 10 heteroatoms. The number of halogens is 1. The fourth-order valence-electron chi connectivity index (χ4n) is 5.60. The fourth-order valence-corrected chi connectivity index (χ4v) is 7.29. The lowest BCUT2D eigenvalue weighted by Gasteiger charge is -2.38. The van der Waals surface area contributed by atoms with Crippen molar-refractivity contribution in [2.24, 2.45) is 4.40 Å². The number of benzene rings is 3. The SMILES string of the molecule is CN1CCN(c2ccc(-c3ccc(C4C(C)(C)OC(N[C@@H](CCO)c5ccccc5F)=NS4(=O)=O)cc3)cc2)CC1. The predicted molar refractivity (Wildman–Crippen MR) is 160 cm³/mol. The summed E-state index contributed by atoms with van der Waals surface area (Å²) in [7, 11) is -1.91. The lowest BCUT2D eigenvalue weighted by atomic mass is 9.95. The van der Waals surface area contributed by atoms with Gasteiger partial charge in [-0.15, -0.1) is 4.40 Å². The van der Waals surface area contributed by atoms with Gasteiger partial charge in [0.2, 0.25) is 0 Å². The molecule has 2 N–H and O–H groups in total. The Morgan fingerprint density at radius 1 is 1.00 bits per heavy atom. The average molecular weight is 581 g/mol. The van der Waals surface area contributed by atoms with Gasteiger partial charge in [0.05, 0.1) is 6.04 Å². The van der Waals surface area contributed by atoms with Crippen molar-refractivity contribution >= 4 is 21.7 Å². The standard InChI is InChI=1S/C31H37FN4O4S/c1-31(2)29(41(38,39)34-30(40-31)33-28(16-21-37)26-6-4-5-7-27(26)32)24-10-8-22(9-11-24)23-12-14-25(15-13-23)36-19-17-35(3)18-20-36/h4-15,28-29,37H,16-21H2,1-3H3,(H,33,34)/t28-,29?/m0/s1. The van der Waals surface area contributed by atoms with Crippen LogP contribution in [0.2, 0.25) is 0 Å². The summed E-state index contributed by atoms with van der Waals surface area (Å²) in [6.45, 7) is 7.25. The number of piperazine rings is 1. The Bertz CT molecular complexity index is 1490. The van der Waals surface area contributed by atoms with Crippen molar-refractivity contribution in [3.8, 4) is 11.1 Å². The highest BCUT2D eigenvalue weighted by Gasteiger charge is 2.47. The Morgan fingerprint density at radius 3 is 2.20 bits per heavy atom. The normalized spacial score (nSPS) is 21.0. The maximum Gasteiger partial charge on any atom is 0.301 e. The molecule has 0 aliphatic carbocycles. The number of aliphatic hydroxyl groups excluding tert-OH is 1. The van der Waals surface area contributed by atoms with E-state index in [0.29, 0.717) is 5.56 Å². The molecule has 2 aliphatic rings.